The van der Waals surface area contributed by atoms with Crippen molar-refractivity contribution in [3.63, 3.8) is 0 Å². The fraction of sp³-hybridized carbons (Fsp3) is 0.400. The van der Waals surface area contributed by atoms with Gasteiger partial charge in [0, 0.05) is 18.2 Å². The van der Waals surface area contributed by atoms with Crippen molar-refractivity contribution in [3.05, 3.63) is 23.9 Å². The van der Waals surface area contributed by atoms with E-state index in [1.54, 1.807) is 37.1 Å². The van der Waals surface area contributed by atoms with Crippen LogP contribution in [0, 0.1) is 0 Å². The minimum atomic E-state index is -1.11. The first-order chi connectivity index (χ1) is 10.6. The fourth-order valence-corrected chi connectivity index (χ4v) is 2.15. The van der Waals surface area contributed by atoms with Crippen molar-refractivity contribution in [2.45, 2.75) is 26.3 Å². The Labute approximate surface area is 128 Å². The van der Waals surface area contributed by atoms with E-state index in [-0.39, 0.29) is 5.69 Å². The van der Waals surface area contributed by atoms with E-state index in [0.717, 1.165) is 12.8 Å². The van der Waals surface area contributed by atoms with E-state index >= 15 is 0 Å². The zero-order chi connectivity index (χ0) is 16.1. The molecule has 0 radical (unpaired) electrons. The number of carboxylic acids is 1. The summed E-state index contributed by atoms with van der Waals surface area (Å²) in [7, 11) is 3.09. The second-order valence-corrected chi connectivity index (χ2v) is 4.77. The molecular weight excluding hydrogens is 286 g/mol. The highest BCUT2D eigenvalue weighted by atomic mass is 16.5. The van der Waals surface area contributed by atoms with Crippen LogP contribution in [-0.2, 0) is 6.54 Å². The van der Waals surface area contributed by atoms with Gasteiger partial charge in [-0.2, -0.15) is 0 Å². The number of hydrogen-bond acceptors (Lipinski definition) is 5. The third kappa shape index (κ3) is 3.19. The number of aryl methyl sites for hydroxylation is 1. The molecule has 2 aromatic rings. The SMILES string of the molecule is CCCCn1nnc(C(=O)O)c1-c1cc(OC)cc(OC)c1. The Hall–Kier alpha value is -2.57. The van der Waals surface area contributed by atoms with Gasteiger partial charge in [0.1, 0.15) is 17.2 Å². The minimum Gasteiger partial charge on any atom is -0.497 e. The maximum atomic E-state index is 11.4. The molecule has 0 saturated carbocycles. The van der Waals surface area contributed by atoms with Crippen LogP contribution in [0.1, 0.15) is 30.3 Å². The van der Waals surface area contributed by atoms with E-state index in [2.05, 4.69) is 17.2 Å². The standard InChI is InChI=1S/C15H19N3O4/c1-4-5-6-18-14(13(15(19)20)16-17-18)10-7-11(21-2)9-12(8-10)22-3/h7-9H,4-6H2,1-3H3,(H,19,20). The average Bonchev–Trinajstić information content (AvgIpc) is 2.96. The number of nitrogens with zero attached hydrogens (tertiary/aromatic N) is 3. The normalized spacial score (nSPS) is 10.5. The number of unbranched alkanes of at least 4 members (excludes halogenated alkanes) is 1. The van der Waals surface area contributed by atoms with Crippen LogP contribution in [-0.4, -0.2) is 40.3 Å². The molecule has 0 amide bonds. The number of rotatable bonds is 7. The van der Waals surface area contributed by atoms with Gasteiger partial charge in [-0.3, -0.25) is 0 Å². The molecule has 2 rings (SSSR count). The Morgan fingerprint density at radius 1 is 1.23 bits per heavy atom. The van der Waals surface area contributed by atoms with Gasteiger partial charge in [0.15, 0.2) is 5.69 Å². The lowest BCUT2D eigenvalue weighted by Crippen LogP contribution is -2.05. The van der Waals surface area contributed by atoms with Gasteiger partial charge in [0.2, 0.25) is 0 Å². The lowest BCUT2D eigenvalue weighted by Gasteiger charge is -2.10. The summed E-state index contributed by atoms with van der Waals surface area (Å²) in [5, 5.41) is 17.1. The number of methoxy groups -OCH3 is 2. The number of hydrogen-bond donors (Lipinski definition) is 1. The molecule has 1 heterocycles. The Balaban J connectivity index is 2.58. The average molecular weight is 305 g/mol. The Morgan fingerprint density at radius 2 is 1.86 bits per heavy atom. The molecule has 0 aliphatic rings. The summed E-state index contributed by atoms with van der Waals surface area (Å²) in [6, 6.07) is 5.22. The highest BCUT2D eigenvalue weighted by molar-refractivity contribution is 5.93. The van der Waals surface area contributed by atoms with Crippen LogP contribution in [0.4, 0.5) is 0 Å². The van der Waals surface area contributed by atoms with Crippen molar-refractivity contribution < 1.29 is 19.4 Å². The van der Waals surface area contributed by atoms with E-state index in [9.17, 15) is 9.90 Å². The molecule has 118 valence electrons. The fourth-order valence-electron chi connectivity index (χ4n) is 2.15. The van der Waals surface area contributed by atoms with Crippen LogP contribution in [0.2, 0.25) is 0 Å². The largest absolute Gasteiger partial charge is 0.497 e. The van der Waals surface area contributed by atoms with Crippen LogP contribution in [0.3, 0.4) is 0 Å². The molecule has 1 N–H and O–H groups in total. The van der Waals surface area contributed by atoms with E-state index in [1.165, 1.54) is 0 Å². The molecule has 0 unspecified atom stereocenters. The van der Waals surface area contributed by atoms with Gasteiger partial charge in [-0.25, -0.2) is 9.48 Å². The first kappa shape index (κ1) is 15.8. The van der Waals surface area contributed by atoms with Gasteiger partial charge in [-0.05, 0) is 18.6 Å². The molecule has 22 heavy (non-hydrogen) atoms. The number of aromatic carboxylic acids is 1. The zero-order valence-electron chi connectivity index (χ0n) is 12.9. The molecule has 0 bridgehead atoms. The molecule has 7 heteroatoms. The quantitative estimate of drug-likeness (QED) is 0.845. The molecule has 1 aromatic carbocycles. The summed E-state index contributed by atoms with van der Waals surface area (Å²) in [6.07, 6.45) is 1.86. The van der Waals surface area contributed by atoms with Gasteiger partial charge >= 0.3 is 5.97 Å². The van der Waals surface area contributed by atoms with Crippen LogP contribution in [0.5, 0.6) is 11.5 Å². The van der Waals surface area contributed by atoms with Gasteiger partial charge in [-0.1, -0.05) is 18.6 Å². The maximum Gasteiger partial charge on any atom is 0.358 e. The molecule has 0 atom stereocenters. The van der Waals surface area contributed by atoms with Crippen molar-refractivity contribution in [1.29, 1.82) is 0 Å². The summed E-state index contributed by atoms with van der Waals surface area (Å²) >= 11 is 0. The van der Waals surface area contributed by atoms with E-state index in [4.69, 9.17) is 9.47 Å². The van der Waals surface area contributed by atoms with Crippen LogP contribution < -0.4 is 9.47 Å². The molecule has 0 aliphatic heterocycles. The lowest BCUT2D eigenvalue weighted by atomic mass is 10.1. The Morgan fingerprint density at radius 3 is 2.36 bits per heavy atom. The minimum absolute atomic E-state index is 0.0774. The summed E-state index contributed by atoms with van der Waals surface area (Å²) in [5.74, 6) is 0.0439. The summed E-state index contributed by atoms with van der Waals surface area (Å²) in [6.45, 7) is 2.66. The van der Waals surface area contributed by atoms with Crippen LogP contribution >= 0.6 is 0 Å². The van der Waals surface area contributed by atoms with Gasteiger partial charge in [-0.15, -0.1) is 5.10 Å². The second kappa shape index (κ2) is 6.93. The Bertz CT molecular complexity index is 645. The third-order valence-electron chi connectivity index (χ3n) is 3.29. The topological polar surface area (TPSA) is 86.5 Å². The summed E-state index contributed by atoms with van der Waals surface area (Å²) < 4.78 is 12.1. The first-order valence-corrected chi connectivity index (χ1v) is 7.01. The van der Waals surface area contributed by atoms with Gasteiger partial charge in [0.05, 0.1) is 14.2 Å². The molecule has 7 nitrogen and oxygen atoms in total. The smallest absolute Gasteiger partial charge is 0.358 e. The van der Waals surface area contributed by atoms with E-state index in [1.807, 2.05) is 0 Å². The highest BCUT2D eigenvalue weighted by Gasteiger charge is 2.21. The van der Waals surface area contributed by atoms with Crippen LogP contribution in [0.15, 0.2) is 18.2 Å². The molecule has 1 aromatic heterocycles. The lowest BCUT2D eigenvalue weighted by molar-refractivity contribution is 0.0691. The molecule has 0 fully saturated rings. The number of ether oxygens (including phenoxy) is 2. The predicted molar refractivity (Wildman–Crippen MR) is 80.4 cm³/mol. The van der Waals surface area contributed by atoms with Crippen molar-refractivity contribution in [1.82, 2.24) is 15.0 Å². The molecule has 0 spiro atoms. The van der Waals surface area contributed by atoms with E-state index in [0.29, 0.717) is 29.3 Å². The van der Waals surface area contributed by atoms with Gasteiger partial charge < -0.3 is 14.6 Å². The molecule has 0 aliphatic carbocycles. The monoisotopic (exact) mass is 305 g/mol. The summed E-state index contributed by atoms with van der Waals surface area (Å²) in [5.41, 5.74) is 1.03. The zero-order valence-corrected chi connectivity index (χ0v) is 12.9. The number of carboxylic acid groups (broad SMARTS) is 1. The van der Waals surface area contributed by atoms with E-state index < -0.39 is 5.97 Å². The van der Waals surface area contributed by atoms with Crippen molar-refractivity contribution in [2.24, 2.45) is 0 Å². The number of aromatic nitrogens is 3. The maximum absolute atomic E-state index is 11.4. The highest BCUT2D eigenvalue weighted by Crippen LogP contribution is 2.31. The van der Waals surface area contributed by atoms with Crippen molar-refractivity contribution >= 4 is 5.97 Å². The van der Waals surface area contributed by atoms with Crippen LogP contribution in [0.25, 0.3) is 11.3 Å². The second-order valence-electron chi connectivity index (χ2n) is 4.77. The van der Waals surface area contributed by atoms with Crippen molar-refractivity contribution in [3.8, 4) is 22.8 Å². The number of carbonyl (C=O) groups is 1. The predicted octanol–water partition coefficient (Wildman–Crippen LogP) is 2.46. The Kier molecular flexibility index (Phi) is 4.98. The summed E-state index contributed by atoms with van der Waals surface area (Å²) in [4.78, 5) is 11.4. The van der Waals surface area contributed by atoms with Crippen molar-refractivity contribution in [2.75, 3.05) is 14.2 Å². The first-order valence-electron chi connectivity index (χ1n) is 7.01. The third-order valence-corrected chi connectivity index (χ3v) is 3.29. The van der Waals surface area contributed by atoms with Gasteiger partial charge in [0.25, 0.3) is 0 Å². The molecule has 0 saturated heterocycles. The number of benzene rings is 1. The molecular formula is C15H19N3O4.